The number of ether oxygens (including phenoxy) is 1. The fourth-order valence-electron chi connectivity index (χ4n) is 7.33. The number of rotatable bonds is 6. The van der Waals surface area contributed by atoms with Crippen molar-refractivity contribution in [3.8, 4) is 0 Å². The average molecular weight is 434 g/mol. The first-order chi connectivity index (χ1) is 14.0. The highest BCUT2D eigenvalue weighted by Gasteiger charge is 2.65. The molecule has 1 aliphatic carbocycles. The Labute approximate surface area is 181 Å². The third-order valence-electron chi connectivity index (χ3n) is 8.08. The Morgan fingerprint density at radius 2 is 1.80 bits per heavy atom. The Bertz CT molecular complexity index is 816. The second kappa shape index (κ2) is 8.10. The van der Waals surface area contributed by atoms with Gasteiger partial charge in [-0.3, -0.25) is 9.59 Å². The van der Waals surface area contributed by atoms with Crippen molar-refractivity contribution in [2.24, 2.45) is 5.92 Å². The third kappa shape index (κ3) is 3.14. The molecule has 1 fully saturated rings. The number of nitrogens with one attached hydrogen (secondary N) is 1. The minimum atomic E-state index is -1.94. The summed E-state index contributed by atoms with van der Waals surface area (Å²) in [5, 5.41) is 2.95. The van der Waals surface area contributed by atoms with E-state index in [0.717, 1.165) is 0 Å². The smallest absolute Gasteiger partial charge is 0.310 e. The van der Waals surface area contributed by atoms with Gasteiger partial charge in [0, 0.05) is 5.69 Å². The van der Waals surface area contributed by atoms with Gasteiger partial charge >= 0.3 is 5.97 Å². The van der Waals surface area contributed by atoms with Crippen LogP contribution in [-0.4, -0.2) is 26.6 Å². The summed E-state index contributed by atoms with van der Waals surface area (Å²) < 4.78 is 19.7. The number of anilines is 1. The van der Waals surface area contributed by atoms with E-state index in [-0.39, 0.29) is 29.8 Å². The van der Waals surface area contributed by atoms with Gasteiger partial charge in [0.05, 0.1) is 26.0 Å². The molecule has 1 aliphatic heterocycles. The number of esters is 1. The lowest BCUT2D eigenvalue weighted by Gasteiger charge is -2.48. The topological polar surface area (TPSA) is 55.4 Å². The molecule has 1 amide bonds. The fourth-order valence-corrected chi connectivity index (χ4v) is 15.5. The Hall–Kier alpha value is -1.69. The van der Waals surface area contributed by atoms with E-state index in [0.29, 0.717) is 40.7 Å². The first kappa shape index (κ1) is 23.0. The third-order valence-corrected chi connectivity index (χ3v) is 15.9. The van der Waals surface area contributed by atoms with Gasteiger partial charge in [-0.15, -0.1) is 0 Å². The van der Waals surface area contributed by atoms with E-state index in [2.05, 4.69) is 46.9 Å². The highest BCUT2D eigenvalue weighted by Crippen LogP contribution is 2.64. The number of carbonyl (C=O) groups excluding carboxylic acids is 2. The average Bonchev–Trinajstić information content (AvgIpc) is 3.16. The number of hydrogen-bond donors (Lipinski definition) is 1. The first-order valence-corrected chi connectivity index (χ1v) is 13.6. The van der Waals surface area contributed by atoms with Crippen molar-refractivity contribution in [2.75, 3.05) is 11.9 Å². The molecule has 0 unspecified atom stereocenters. The zero-order chi connectivity index (χ0) is 22.4. The SMILES string of the molecule is CCOC(=O)[C@H]1C[C@@H]([Si](C(C)C)(C(C)C)C(C)C)C[C@]12C(=O)Nc1ccc(F)cc12. The molecular formula is C24H36FNO3Si. The molecule has 0 radical (unpaired) electrons. The zero-order valence-corrected chi connectivity index (χ0v) is 20.3. The van der Waals surface area contributed by atoms with Crippen molar-refractivity contribution in [1.29, 1.82) is 0 Å². The molecule has 1 aromatic rings. The molecule has 1 aromatic carbocycles. The van der Waals surface area contributed by atoms with Gasteiger partial charge in [0.25, 0.3) is 0 Å². The van der Waals surface area contributed by atoms with E-state index in [1.165, 1.54) is 12.1 Å². The van der Waals surface area contributed by atoms with E-state index in [4.69, 9.17) is 4.74 Å². The Balaban J connectivity index is 2.20. The molecule has 0 aromatic heterocycles. The lowest BCUT2D eigenvalue weighted by molar-refractivity contribution is -0.151. The van der Waals surface area contributed by atoms with Crippen LogP contribution in [0.4, 0.5) is 10.1 Å². The van der Waals surface area contributed by atoms with Crippen molar-refractivity contribution in [3.05, 3.63) is 29.6 Å². The number of amides is 1. The van der Waals surface area contributed by atoms with Crippen LogP contribution in [0.5, 0.6) is 0 Å². The van der Waals surface area contributed by atoms with Crippen LogP contribution in [0.2, 0.25) is 22.2 Å². The molecule has 1 saturated carbocycles. The molecule has 1 N–H and O–H groups in total. The standard InChI is InChI=1S/C24H36FNO3Si/c1-8-29-22(27)20-12-18(30(14(2)3,15(4)5)16(6)7)13-24(20)19-11-17(25)9-10-21(19)26-23(24)28/h9-11,14-16,18,20H,8,12-13H2,1-7H3,(H,26,28)/t18-,20-,24-/m1/s1. The van der Waals surface area contributed by atoms with Gasteiger partial charge in [0.1, 0.15) is 5.82 Å². The van der Waals surface area contributed by atoms with E-state index >= 15 is 0 Å². The Morgan fingerprint density at radius 1 is 1.20 bits per heavy atom. The number of benzene rings is 1. The Morgan fingerprint density at radius 3 is 2.33 bits per heavy atom. The van der Waals surface area contributed by atoms with Crippen LogP contribution >= 0.6 is 0 Å². The second-order valence-corrected chi connectivity index (χ2v) is 16.3. The van der Waals surface area contributed by atoms with Crippen LogP contribution in [0.15, 0.2) is 18.2 Å². The van der Waals surface area contributed by atoms with Crippen molar-refractivity contribution >= 4 is 25.6 Å². The minimum Gasteiger partial charge on any atom is -0.466 e. The van der Waals surface area contributed by atoms with Crippen LogP contribution in [-0.2, 0) is 19.7 Å². The molecule has 166 valence electrons. The summed E-state index contributed by atoms with van der Waals surface area (Å²) in [6, 6.07) is 4.43. The first-order valence-electron chi connectivity index (χ1n) is 11.3. The monoisotopic (exact) mass is 433 g/mol. The lowest BCUT2D eigenvalue weighted by Crippen LogP contribution is -2.49. The molecule has 4 nitrogen and oxygen atoms in total. The quantitative estimate of drug-likeness (QED) is 0.440. The molecule has 3 rings (SSSR count). The normalized spacial score (nSPS) is 26.0. The molecule has 0 saturated heterocycles. The summed E-state index contributed by atoms with van der Waals surface area (Å²) in [5.74, 6) is -1.46. The molecular weight excluding hydrogens is 397 g/mol. The van der Waals surface area contributed by atoms with Crippen LogP contribution in [0.1, 0.15) is 66.9 Å². The van der Waals surface area contributed by atoms with Crippen LogP contribution in [0.25, 0.3) is 0 Å². The Kier molecular flexibility index (Phi) is 6.20. The molecule has 3 atom stereocenters. The van der Waals surface area contributed by atoms with Crippen molar-refractivity contribution in [2.45, 2.75) is 88.9 Å². The highest BCUT2D eigenvalue weighted by atomic mass is 28.3. The summed E-state index contributed by atoms with van der Waals surface area (Å²) in [7, 11) is -1.94. The van der Waals surface area contributed by atoms with Crippen LogP contribution in [0, 0.1) is 11.7 Å². The maximum atomic E-state index is 14.3. The molecule has 6 heteroatoms. The summed E-state index contributed by atoms with van der Waals surface area (Å²) in [6.45, 7) is 15.9. The minimum absolute atomic E-state index is 0.178. The highest BCUT2D eigenvalue weighted by molar-refractivity contribution is 6.84. The summed E-state index contributed by atoms with van der Waals surface area (Å²) >= 11 is 0. The van der Waals surface area contributed by atoms with Gasteiger partial charge in [-0.2, -0.15) is 0 Å². The molecule has 1 spiro atoms. The number of carbonyl (C=O) groups is 2. The number of halogens is 1. The second-order valence-electron chi connectivity index (χ2n) is 10.0. The van der Waals surface area contributed by atoms with Crippen molar-refractivity contribution in [1.82, 2.24) is 0 Å². The zero-order valence-electron chi connectivity index (χ0n) is 19.3. The predicted octanol–water partition coefficient (Wildman–Crippen LogP) is 6.04. The summed E-state index contributed by atoms with van der Waals surface area (Å²) in [5.41, 5.74) is 2.04. The van der Waals surface area contributed by atoms with Gasteiger partial charge < -0.3 is 10.1 Å². The fraction of sp³-hybridized carbons (Fsp3) is 0.667. The summed E-state index contributed by atoms with van der Waals surface area (Å²) in [6.07, 6.45) is 1.24. The lowest BCUT2D eigenvalue weighted by atomic mass is 9.73. The van der Waals surface area contributed by atoms with E-state index in [1.54, 1.807) is 13.0 Å². The van der Waals surface area contributed by atoms with Crippen LogP contribution < -0.4 is 5.32 Å². The number of fused-ring (bicyclic) bond motifs is 2. The predicted molar refractivity (Wildman–Crippen MR) is 121 cm³/mol. The maximum absolute atomic E-state index is 14.3. The molecule has 30 heavy (non-hydrogen) atoms. The maximum Gasteiger partial charge on any atom is 0.310 e. The van der Waals surface area contributed by atoms with E-state index < -0.39 is 19.4 Å². The molecule has 2 aliphatic rings. The van der Waals surface area contributed by atoms with Gasteiger partial charge in [-0.1, -0.05) is 58.2 Å². The molecule has 1 heterocycles. The van der Waals surface area contributed by atoms with Gasteiger partial charge in [0.2, 0.25) is 5.91 Å². The van der Waals surface area contributed by atoms with E-state index in [1.807, 2.05) is 0 Å². The van der Waals surface area contributed by atoms with Crippen molar-refractivity contribution < 1.29 is 18.7 Å². The largest absolute Gasteiger partial charge is 0.466 e. The van der Waals surface area contributed by atoms with Gasteiger partial charge in [-0.05, 0) is 49.1 Å². The summed E-state index contributed by atoms with van der Waals surface area (Å²) in [4.78, 5) is 26.6. The van der Waals surface area contributed by atoms with Crippen molar-refractivity contribution in [3.63, 3.8) is 0 Å². The van der Waals surface area contributed by atoms with Gasteiger partial charge in [0.15, 0.2) is 0 Å². The van der Waals surface area contributed by atoms with Crippen LogP contribution in [0.3, 0.4) is 0 Å². The molecule has 0 bridgehead atoms. The number of hydrogen-bond acceptors (Lipinski definition) is 3. The van der Waals surface area contributed by atoms with E-state index in [9.17, 15) is 14.0 Å². The van der Waals surface area contributed by atoms with Gasteiger partial charge in [-0.25, -0.2) is 4.39 Å².